The zero-order valence-electron chi connectivity index (χ0n) is 7.15. The van der Waals surface area contributed by atoms with Gasteiger partial charge >= 0.3 is 0 Å². The van der Waals surface area contributed by atoms with E-state index in [1.165, 1.54) is 6.07 Å². The summed E-state index contributed by atoms with van der Waals surface area (Å²) in [6.07, 6.45) is 0. The molecule has 0 N–H and O–H groups in total. The molecule has 1 rings (SSSR count). The highest BCUT2D eigenvalue weighted by Gasteiger charge is 2.32. The summed E-state index contributed by atoms with van der Waals surface area (Å²) in [5.41, 5.74) is 1.06. The summed E-state index contributed by atoms with van der Waals surface area (Å²) in [6.45, 7) is 1.75. The molecule has 0 aromatic heterocycles. The average molecular weight is 272 g/mol. The van der Waals surface area contributed by atoms with Gasteiger partial charge in [-0.2, -0.15) is 0 Å². The first-order chi connectivity index (χ1) is 6.32. The second-order valence-electron chi connectivity index (χ2n) is 2.79. The van der Waals surface area contributed by atoms with E-state index in [1.807, 2.05) is 0 Å². The quantitative estimate of drug-likeness (QED) is 0.553. The van der Waals surface area contributed by atoms with Crippen LogP contribution in [0.4, 0.5) is 0 Å². The zero-order chi connectivity index (χ0) is 10.9. The van der Waals surface area contributed by atoms with Crippen LogP contribution in [0.3, 0.4) is 0 Å². The van der Waals surface area contributed by atoms with Crippen molar-refractivity contribution < 1.29 is 4.79 Å². The molecular formula is C9H6Cl4O. The molecule has 0 radical (unpaired) electrons. The van der Waals surface area contributed by atoms with Crippen LogP contribution in [0.25, 0.3) is 0 Å². The van der Waals surface area contributed by atoms with Crippen molar-refractivity contribution in [3.63, 3.8) is 0 Å². The molecule has 5 heteroatoms. The number of hydrogen-bond donors (Lipinski definition) is 0. The highest BCUT2D eigenvalue weighted by Crippen LogP contribution is 2.32. The summed E-state index contributed by atoms with van der Waals surface area (Å²) in [5.74, 6) is -0.567. The van der Waals surface area contributed by atoms with Crippen LogP contribution in [0.1, 0.15) is 15.9 Å². The van der Waals surface area contributed by atoms with E-state index in [2.05, 4.69) is 0 Å². The van der Waals surface area contributed by atoms with Crippen LogP contribution >= 0.6 is 46.4 Å². The molecular weight excluding hydrogens is 266 g/mol. The van der Waals surface area contributed by atoms with Gasteiger partial charge in [-0.25, -0.2) is 0 Å². The third kappa shape index (κ3) is 2.77. The minimum Gasteiger partial charge on any atom is -0.289 e. The normalized spacial score (nSPS) is 11.5. The number of benzene rings is 1. The highest BCUT2D eigenvalue weighted by atomic mass is 35.6. The second-order valence-corrected chi connectivity index (χ2v) is 5.50. The first-order valence-corrected chi connectivity index (χ1v) is 5.21. The molecule has 76 valence electrons. The number of rotatable bonds is 1. The zero-order valence-corrected chi connectivity index (χ0v) is 10.2. The van der Waals surface area contributed by atoms with Crippen LogP contribution in [-0.2, 0) is 0 Å². The fourth-order valence-corrected chi connectivity index (χ4v) is 1.47. The molecule has 0 saturated carbocycles. The van der Waals surface area contributed by atoms with Crippen molar-refractivity contribution in [2.75, 3.05) is 0 Å². The van der Waals surface area contributed by atoms with Gasteiger partial charge in [-0.1, -0.05) is 52.5 Å². The topological polar surface area (TPSA) is 17.1 Å². The Kier molecular flexibility index (Phi) is 3.70. The lowest BCUT2D eigenvalue weighted by Gasteiger charge is -2.11. The summed E-state index contributed by atoms with van der Waals surface area (Å²) in [6, 6.07) is 4.86. The predicted molar refractivity (Wildman–Crippen MR) is 60.8 cm³/mol. The van der Waals surface area contributed by atoms with Crippen molar-refractivity contribution >= 4 is 52.2 Å². The number of carbonyl (C=O) groups is 1. The first-order valence-electron chi connectivity index (χ1n) is 3.70. The maximum Gasteiger partial charge on any atom is 0.253 e. The minimum atomic E-state index is -1.94. The smallest absolute Gasteiger partial charge is 0.253 e. The van der Waals surface area contributed by atoms with Crippen molar-refractivity contribution in [2.45, 2.75) is 10.7 Å². The number of ketones is 1. The third-order valence-electron chi connectivity index (χ3n) is 1.70. The SMILES string of the molecule is Cc1ccc(Cl)cc1C(=O)C(Cl)(Cl)Cl. The van der Waals surface area contributed by atoms with Gasteiger partial charge in [0, 0.05) is 10.6 Å². The summed E-state index contributed by atoms with van der Waals surface area (Å²) in [5, 5.41) is 0.438. The molecule has 0 aliphatic rings. The Morgan fingerprint density at radius 2 is 1.86 bits per heavy atom. The van der Waals surface area contributed by atoms with Gasteiger partial charge in [0.05, 0.1) is 0 Å². The molecule has 14 heavy (non-hydrogen) atoms. The van der Waals surface area contributed by atoms with E-state index in [1.54, 1.807) is 19.1 Å². The van der Waals surface area contributed by atoms with Crippen LogP contribution < -0.4 is 0 Å². The molecule has 0 heterocycles. The molecule has 0 amide bonds. The number of alkyl halides is 3. The molecule has 0 saturated heterocycles. The van der Waals surface area contributed by atoms with Crippen LogP contribution in [0.15, 0.2) is 18.2 Å². The van der Waals surface area contributed by atoms with E-state index in [0.717, 1.165) is 5.56 Å². The lowest BCUT2D eigenvalue weighted by molar-refractivity contribution is 0.0996. The van der Waals surface area contributed by atoms with Gasteiger partial charge in [0.2, 0.25) is 5.78 Å². The largest absolute Gasteiger partial charge is 0.289 e. The molecule has 1 nitrogen and oxygen atoms in total. The lowest BCUT2D eigenvalue weighted by atomic mass is 10.1. The molecule has 0 unspecified atom stereocenters. The van der Waals surface area contributed by atoms with E-state index >= 15 is 0 Å². The average Bonchev–Trinajstić information content (AvgIpc) is 2.06. The summed E-state index contributed by atoms with van der Waals surface area (Å²) < 4.78 is -1.94. The first kappa shape index (κ1) is 12.1. The van der Waals surface area contributed by atoms with Gasteiger partial charge in [0.1, 0.15) is 0 Å². The van der Waals surface area contributed by atoms with E-state index in [0.29, 0.717) is 10.6 Å². The van der Waals surface area contributed by atoms with Crippen LogP contribution in [-0.4, -0.2) is 9.58 Å². The fraction of sp³-hybridized carbons (Fsp3) is 0.222. The van der Waals surface area contributed by atoms with Gasteiger partial charge in [0.25, 0.3) is 3.79 Å². The van der Waals surface area contributed by atoms with Gasteiger partial charge in [-0.15, -0.1) is 0 Å². The van der Waals surface area contributed by atoms with Gasteiger partial charge in [-0.05, 0) is 24.6 Å². The third-order valence-corrected chi connectivity index (χ3v) is 2.45. The Bertz CT molecular complexity index is 368. The van der Waals surface area contributed by atoms with E-state index in [-0.39, 0.29) is 0 Å². The molecule has 0 aliphatic carbocycles. The number of aryl methyl sites for hydroxylation is 1. The maximum absolute atomic E-state index is 11.6. The second kappa shape index (κ2) is 4.28. The standard InChI is InChI=1S/C9H6Cl4O/c1-5-2-3-6(10)4-7(5)8(14)9(11,12)13/h2-4H,1H3. The Balaban J connectivity index is 3.19. The van der Waals surface area contributed by atoms with Gasteiger partial charge in [0.15, 0.2) is 0 Å². The number of Topliss-reactive ketones (excluding diaryl/α,β-unsaturated/α-hetero) is 1. The summed E-state index contributed by atoms with van der Waals surface area (Å²) >= 11 is 22.2. The predicted octanol–water partition coefficient (Wildman–Crippen LogP) is 4.20. The number of hydrogen-bond acceptors (Lipinski definition) is 1. The monoisotopic (exact) mass is 270 g/mol. The lowest BCUT2D eigenvalue weighted by Crippen LogP contribution is -2.19. The summed E-state index contributed by atoms with van der Waals surface area (Å²) in [7, 11) is 0. The molecule has 0 spiro atoms. The van der Waals surface area contributed by atoms with Crippen LogP contribution in [0.2, 0.25) is 5.02 Å². The maximum atomic E-state index is 11.6. The molecule has 1 aromatic carbocycles. The van der Waals surface area contributed by atoms with Crippen molar-refractivity contribution in [1.29, 1.82) is 0 Å². The van der Waals surface area contributed by atoms with E-state index in [9.17, 15) is 4.79 Å². The molecule has 0 bridgehead atoms. The van der Waals surface area contributed by atoms with Crippen LogP contribution in [0.5, 0.6) is 0 Å². The fourth-order valence-electron chi connectivity index (χ4n) is 0.992. The van der Waals surface area contributed by atoms with Gasteiger partial charge < -0.3 is 0 Å². The Morgan fingerprint density at radius 3 is 2.36 bits per heavy atom. The highest BCUT2D eigenvalue weighted by molar-refractivity contribution is 6.77. The Morgan fingerprint density at radius 1 is 1.29 bits per heavy atom. The number of halogens is 4. The molecule has 0 fully saturated rings. The molecule has 1 aromatic rings. The van der Waals surface area contributed by atoms with E-state index < -0.39 is 9.58 Å². The molecule has 0 atom stereocenters. The van der Waals surface area contributed by atoms with Crippen molar-refractivity contribution in [2.24, 2.45) is 0 Å². The Labute approximate surface area is 102 Å². The Hall–Kier alpha value is 0.0500. The minimum absolute atomic E-state index is 0.331. The van der Waals surface area contributed by atoms with Crippen molar-refractivity contribution in [1.82, 2.24) is 0 Å². The van der Waals surface area contributed by atoms with Gasteiger partial charge in [-0.3, -0.25) is 4.79 Å². The molecule has 0 aliphatic heterocycles. The van der Waals surface area contributed by atoms with E-state index in [4.69, 9.17) is 46.4 Å². The van der Waals surface area contributed by atoms with Crippen molar-refractivity contribution in [3.05, 3.63) is 34.3 Å². The van der Waals surface area contributed by atoms with Crippen LogP contribution in [0, 0.1) is 6.92 Å². The number of carbonyl (C=O) groups excluding carboxylic acids is 1. The van der Waals surface area contributed by atoms with Crippen molar-refractivity contribution in [3.8, 4) is 0 Å². The summed E-state index contributed by atoms with van der Waals surface area (Å²) in [4.78, 5) is 11.6.